The Morgan fingerprint density at radius 1 is 0.483 bits per heavy atom. The number of halogens is 7. The van der Waals surface area contributed by atoms with Crippen molar-refractivity contribution in [2.45, 2.75) is 13.3 Å². The number of carboxylic acids is 1. The van der Waals surface area contributed by atoms with E-state index in [1.807, 2.05) is 130 Å². The van der Waals surface area contributed by atoms with Gasteiger partial charge in [0.1, 0.15) is 23.3 Å². The molecule has 0 bridgehead atoms. The van der Waals surface area contributed by atoms with Gasteiger partial charge in [-0.3, -0.25) is 49.7 Å². The number of nitrogen functional groups attached to an aromatic ring is 2. The van der Waals surface area contributed by atoms with Crippen LogP contribution in [0.4, 0.5) is 34.6 Å². The van der Waals surface area contributed by atoms with Gasteiger partial charge < -0.3 is 42.8 Å². The van der Waals surface area contributed by atoms with E-state index in [0.717, 1.165) is 60.9 Å². The number of methoxy groups -OCH3 is 3. The van der Waals surface area contributed by atoms with Gasteiger partial charge in [0.25, 0.3) is 0 Å². The largest absolute Gasteiger partial charge is 1.00 e. The molecule has 28 nitrogen and oxygen atoms in total. The molecule has 0 fully saturated rings. The van der Waals surface area contributed by atoms with Crippen LogP contribution in [0, 0.1) is 22.7 Å². The first-order chi connectivity index (χ1) is 55.0. The summed E-state index contributed by atoms with van der Waals surface area (Å²) in [5.74, 6) is 4.82. The number of aromatic carboxylic acids is 1. The number of nitrogens with two attached hydrogens (primary N) is 3. The van der Waals surface area contributed by atoms with Crippen molar-refractivity contribution < 1.29 is 74.3 Å². The van der Waals surface area contributed by atoms with E-state index in [-0.39, 0.29) is 60.7 Å². The predicted molar refractivity (Wildman–Crippen MR) is 455 cm³/mol. The van der Waals surface area contributed by atoms with Crippen molar-refractivity contribution in [2.24, 2.45) is 34.0 Å². The molecule has 0 atom stereocenters. The van der Waals surface area contributed by atoms with Gasteiger partial charge in [0.2, 0.25) is 0 Å². The molecule has 36 heteroatoms. The number of rotatable bonds is 14. The Bertz CT molecular complexity index is 5390. The third-order valence-electron chi connectivity index (χ3n) is 14.8. The molecule has 0 unspecified atom stereocenters. The first-order valence-electron chi connectivity index (χ1n) is 33.3. The summed E-state index contributed by atoms with van der Waals surface area (Å²) >= 11 is 37.8. The van der Waals surface area contributed by atoms with Gasteiger partial charge in [-0.2, -0.15) is 30.9 Å². The van der Waals surface area contributed by atoms with E-state index in [0.29, 0.717) is 75.6 Å². The molecule has 7 aromatic heterocycles. The Morgan fingerprint density at radius 3 is 1.17 bits per heavy atom. The third-order valence-corrected chi connectivity index (χ3v) is 16.9. The number of nitriles is 2. The number of pyridine rings is 3. The van der Waals surface area contributed by atoms with Crippen molar-refractivity contribution in [3.05, 3.63) is 288 Å². The summed E-state index contributed by atoms with van der Waals surface area (Å²) in [4.78, 5) is 67.8. The first-order valence-corrected chi connectivity index (χ1v) is 36.4. The van der Waals surface area contributed by atoms with Crippen LogP contribution in [0.1, 0.15) is 66.6 Å². The normalized spacial score (nSPS) is 9.68. The van der Waals surface area contributed by atoms with E-state index in [1.165, 1.54) is 52.9 Å². The molecule has 116 heavy (non-hydrogen) atoms. The standard InChI is InChI=1S/C17H15ClN4O2.C16H13ClN4O2.2C10H10ClN3.C9H6ClNO.C8H7ClO2.C7H6BrNO2.C2H3N.CH6N2.Na.H/c1-22-16(9-14(21-22)11-3-5-12(18)6-4-11)20-15-10-19-8-7-13(15)17(23)24-2;1-21-15(19-14-9-18-7-6-12(14)16(22)23)8-13(20-21)10-2-4-11(17)5-3-10;1-14-9(6-10(12)13-14)7-2-4-8(11)5-3-7;1-14-10(12)6-9(13-14)7-2-4-8(11)5-3-7;10-8-3-1-7(2-4-8)9(12)5-6-11;1-11-8(10)6-2-4-7(9)5-3-6;1-11-7(10)5-2-3-9-4-6(5)8;1-2-3;1-3-2;;/h3-10,20H,1-2H3;2-9,19H,1H3,(H,22,23);2-6H,1H3,(H2,12,13);2-6H,12H2,1H3;1-4H,5H2;2-5H,1H3;2-4H,1H3;1H3;3H,2H2,1H3;;/q;;;;;;;;;+1;-1. The van der Waals surface area contributed by atoms with E-state index in [4.69, 9.17) is 96.3 Å². The van der Waals surface area contributed by atoms with Crippen LogP contribution in [0.3, 0.4) is 0 Å². The quantitative estimate of drug-likeness (QED) is 0.0133. The summed E-state index contributed by atoms with van der Waals surface area (Å²) in [6.45, 7) is 1.43. The number of benzene rings is 6. The van der Waals surface area contributed by atoms with Crippen LogP contribution >= 0.6 is 85.5 Å². The molecular weight excluding hydrogens is 1690 g/mol. The van der Waals surface area contributed by atoms with Gasteiger partial charge in [0.15, 0.2) is 5.78 Å². The molecule has 596 valence electrons. The monoisotopic (exact) mass is 1760 g/mol. The molecule has 0 amide bonds. The molecule has 0 aliphatic carbocycles. The molecule has 0 spiro atoms. The molecule has 10 N–H and O–H groups in total. The summed E-state index contributed by atoms with van der Waals surface area (Å²) in [6.07, 6.45) is 9.03. The zero-order valence-corrected chi connectivity index (χ0v) is 72.1. The van der Waals surface area contributed by atoms with Gasteiger partial charge in [-0.15, -0.1) is 0 Å². The number of nitrogens with one attached hydrogen (secondary N) is 3. The minimum atomic E-state index is -1.02. The molecule has 6 aromatic carbocycles. The Hall–Kier alpha value is -11.5. The van der Waals surface area contributed by atoms with Gasteiger partial charge in [0.05, 0.1) is 113 Å². The number of esters is 3. The maximum absolute atomic E-state index is 11.8. The molecular formula is C80H77BrCl6N19NaO9. The van der Waals surface area contributed by atoms with Crippen LogP contribution in [0.2, 0.25) is 30.1 Å². The fraction of sp³-hybridized carbons (Fsp3) is 0.125. The zero-order valence-electron chi connectivity index (χ0n) is 65.0. The zero-order chi connectivity index (χ0) is 84.7. The second kappa shape index (κ2) is 50.6. The van der Waals surface area contributed by atoms with Crippen LogP contribution in [-0.4, -0.2) is 117 Å². The Balaban J connectivity index is 0.000000355. The van der Waals surface area contributed by atoms with Crippen molar-refractivity contribution in [1.82, 2.24) is 59.5 Å². The number of hydrogen-bond acceptors (Lipinski definition) is 23. The van der Waals surface area contributed by atoms with E-state index in [1.54, 1.807) is 136 Å². The summed E-state index contributed by atoms with van der Waals surface area (Å²) < 4.78 is 21.2. The van der Waals surface area contributed by atoms with Crippen molar-refractivity contribution in [2.75, 3.05) is 50.5 Å². The Morgan fingerprint density at radius 2 is 0.819 bits per heavy atom. The number of carboxylic acid groups (broad SMARTS) is 1. The summed E-state index contributed by atoms with van der Waals surface area (Å²) in [7, 11) is 12.9. The second-order valence-corrected chi connectivity index (χ2v) is 26.2. The van der Waals surface area contributed by atoms with Crippen LogP contribution in [-0.2, 0) is 42.4 Å². The summed E-state index contributed by atoms with van der Waals surface area (Å²) in [5, 5.41) is 52.2. The maximum atomic E-state index is 11.8. The molecule has 0 aliphatic heterocycles. The van der Waals surface area contributed by atoms with E-state index < -0.39 is 11.9 Å². The van der Waals surface area contributed by atoms with Crippen LogP contribution in [0.5, 0.6) is 0 Å². The topological polar surface area (TPSA) is 405 Å². The maximum Gasteiger partial charge on any atom is 1.00 e. The van der Waals surface area contributed by atoms with Crippen LogP contribution < -0.4 is 62.9 Å². The number of aromatic nitrogens is 11. The van der Waals surface area contributed by atoms with Crippen molar-refractivity contribution in [3.63, 3.8) is 0 Å². The number of anilines is 6. The van der Waals surface area contributed by atoms with Crippen molar-refractivity contribution in [3.8, 4) is 57.2 Å². The van der Waals surface area contributed by atoms with Gasteiger partial charge in [-0.1, -0.05) is 118 Å². The Kier molecular flexibility index (Phi) is 42.3. The minimum Gasteiger partial charge on any atom is -1.00 e. The number of hydrogen-bond donors (Lipinski definition) is 7. The third kappa shape index (κ3) is 31.7. The average molecular weight is 1760 g/mol. The number of aryl methyl sites for hydroxylation is 4. The molecule has 0 aliphatic rings. The predicted octanol–water partition coefficient (Wildman–Crippen LogP) is 14.8. The van der Waals surface area contributed by atoms with E-state index >= 15 is 0 Å². The average Bonchev–Trinajstić information content (AvgIpc) is 1.69. The summed E-state index contributed by atoms with van der Waals surface area (Å²) in [5.41, 5.74) is 23.9. The van der Waals surface area contributed by atoms with Crippen molar-refractivity contribution >= 4 is 150 Å². The van der Waals surface area contributed by atoms with Gasteiger partial charge >= 0.3 is 53.4 Å². The molecule has 0 radical (unpaired) electrons. The fourth-order valence-electron chi connectivity index (χ4n) is 9.22. The summed E-state index contributed by atoms with van der Waals surface area (Å²) in [6, 6.07) is 58.5. The first kappa shape index (κ1) is 96.8. The van der Waals surface area contributed by atoms with Crippen LogP contribution in [0.25, 0.3) is 45.0 Å². The van der Waals surface area contributed by atoms with E-state index in [9.17, 15) is 29.1 Å². The number of Topliss-reactive ketones (excluding diaryl/α,β-unsaturated/α-hetero) is 1. The minimum absolute atomic E-state index is 0. The van der Waals surface area contributed by atoms with Gasteiger partial charge in [-0.05, 0) is 144 Å². The fourth-order valence-corrected chi connectivity index (χ4v) is 10.4. The SMILES string of the molecule is CC#N.CNN.COC(=O)c1ccc(Cl)cc1.COC(=O)c1ccncc1Br.COC(=O)c1ccncc1Nc1cc(-c2ccc(Cl)cc2)nn1C.Cn1nc(-c2ccc(Cl)cc2)cc1N.Cn1nc(-c2ccc(Cl)cc2)cc1Nc1cnccc1C(=O)O.Cn1nc(N)cc1-c1ccc(Cl)cc1.N#CCC(=O)c1ccc(Cl)cc1.[H-].[Na+]. The molecule has 7 heterocycles. The number of nitrogens with zero attached hydrogens (tertiary/aromatic N) is 13. The van der Waals surface area contributed by atoms with Gasteiger partial charge in [-0.25, -0.2) is 19.2 Å². The van der Waals surface area contributed by atoms with Crippen molar-refractivity contribution in [1.29, 1.82) is 10.5 Å². The smallest absolute Gasteiger partial charge is 1.00 e. The molecule has 13 rings (SSSR count). The number of hydrazine groups is 1. The molecule has 0 saturated heterocycles. The molecule has 13 aromatic rings. The molecule has 0 saturated carbocycles. The Labute approximate surface area is 730 Å². The second-order valence-electron chi connectivity index (χ2n) is 22.8. The number of carbonyl (C=O) groups excluding carboxylic acids is 4. The number of ketones is 1. The number of carbonyl (C=O) groups is 5. The van der Waals surface area contributed by atoms with Crippen LogP contribution in [0.15, 0.2) is 230 Å². The van der Waals surface area contributed by atoms with Gasteiger partial charge in [0, 0.05) is 137 Å². The van der Waals surface area contributed by atoms with E-state index in [2.05, 4.69) is 82.7 Å². The number of ether oxygens (including phenoxy) is 3.